The number of aryl methyl sites for hydroxylation is 1. The van der Waals surface area contributed by atoms with Crippen molar-refractivity contribution in [2.24, 2.45) is 0 Å². The molecule has 0 N–H and O–H groups in total. The number of hydrogen-bond acceptors (Lipinski definition) is 4. The number of rotatable bonds is 4. The average molecular weight is 360 g/mol. The second kappa shape index (κ2) is 6.32. The standard InChI is InChI=1S/C17H14BrNO3/c1-11-3-2-4-15(19-11)17(20)21-8-7-14-10-12-9-13(18)5-6-16(12)22-14/h2-6,9-10H,7-8H2,1H3. The van der Waals surface area contributed by atoms with E-state index in [0.717, 1.165) is 26.9 Å². The molecule has 0 aliphatic rings. The number of pyridine rings is 1. The maximum absolute atomic E-state index is 11.9. The molecule has 0 saturated heterocycles. The lowest BCUT2D eigenvalue weighted by Gasteiger charge is -2.03. The van der Waals surface area contributed by atoms with Crippen LogP contribution in [0.4, 0.5) is 0 Å². The van der Waals surface area contributed by atoms with Crippen molar-refractivity contribution in [1.82, 2.24) is 4.98 Å². The van der Waals surface area contributed by atoms with Gasteiger partial charge in [0.1, 0.15) is 17.0 Å². The first-order valence-electron chi connectivity index (χ1n) is 6.90. The molecule has 22 heavy (non-hydrogen) atoms. The van der Waals surface area contributed by atoms with E-state index in [-0.39, 0.29) is 6.61 Å². The van der Waals surface area contributed by atoms with Gasteiger partial charge in [-0.1, -0.05) is 22.0 Å². The number of ether oxygens (including phenoxy) is 1. The fraction of sp³-hybridized carbons (Fsp3) is 0.176. The van der Waals surface area contributed by atoms with Gasteiger partial charge in [0.2, 0.25) is 0 Å². The second-order valence-electron chi connectivity index (χ2n) is 4.94. The van der Waals surface area contributed by atoms with Crippen LogP contribution >= 0.6 is 15.9 Å². The second-order valence-corrected chi connectivity index (χ2v) is 5.86. The van der Waals surface area contributed by atoms with Crippen LogP contribution in [0.2, 0.25) is 0 Å². The largest absolute Gasteiger partial charge is 0.461 e. The third-order valence-corrected chi connectivity index (χ3v) is 3.70. The van der Waals surface area contributed by atoms with Gasteiger partial charge >= 0.3 is 5.97 Å². The molecule has 0 radical (unpaired) electrons. The minimum absolute atomic E-state index is 0.259. The molecule has 0 amide bonds. The summed E-state index contributed by atoms with van der Waals surface area (Å²) in [5.74, 6) is 0.376. The van der Waals surface area contributed by atoms with Gasteiger partial charge in [-0.15, -0.1) is 0 Å². The number of fused-ring (bicyclic) bond motifs is 1. The highest BCUT2D eigenvalue weighted by Crippen LogP contribution is 2.23. The van der Waals surface area contributed by atoms with Crippen LogP contribution in [0.15, 0.2) is 51.4 Å². The highest BCUT2D eigenvalue weighted by atomic mass is 79.9. The van der Waals surface area contributed by atoms with Crippen molar-refractivity contribution in [2.75, 3.05) is 6.61 Å². The van der Waals surface area contributed by atoms with E-state index < -0.39 is 5.97 Å². The molecular formula is C17H14BrNO3. The molecule has 0 saturated carbocycles. The molecule has 0 fully saturated rings. The Bertz CT molecular complexity index is 826. The van der Waals surface area contributed by atoms with Crippen molar-refractivity contribution in [3.63, 3.8) is 0 Å². The summed E-state index contributed by atoms with van der Waals surface area (Å²) < 4.78 is 11.9. The lowest BCUT2D eigenvalue weighted by atomic mass is 10.2. The molecule has 3 rings (SSSR count). The molecule has 0 aliphatic heterocycles. The molecule has 0 atom stereocenters. The van der Waals surface area contributed by atoms with Crippen molar-refractivity contribution in [3.05, 3.63) is 64.1 Å². The summed E-state index contributed by atoms with van der Waals surface area (Å²) in [6.45, 7) is 2.10. The van der Waals surface area contributed by atoms with E-state index >= 15 is 0 Å². The third kappa shape index (κ3) is 3.36. The fourth-order valence-electron chi connectivity index (χ4n) is 2.17. The Morgan fingerprint density at radius 3 is 2.95 bits per heavy atom. The molecule has 4 nitrogen and oxygen atoms in total. The molecular weight excluding hydrogens is 346 g/mol. The van der Waals surface area contributed by atoms with Crippen LogP contribution in [-0.2, 0) is 11.2 Å². The van der Waals surface area contributed by atoms with Gasteiger partial charge in [-0.05, 0) is 43.3 Å². The molecule has 5 heteroatoms. The Hall–Kier alpha value is -2.14. The van der Waals surface area contributed by atoms with Crippen molar-refractivity contribution in [3.8, 4) is 0 Å². The lowest BCUT2D eigenvalue weighted by molar-refractivity contribution is 0.0498. The van der Waals surface area contributed by atoms with Gasteiger partial charge in [0.05, 0.1) is 6.61 Å². The summed E-state index contributed by atoms with van der Waals surface area (Å²) in [6.07, 6.45) is 0.532. The van der Waals surface area contributed by atoms with Gasteiger partial charge in [-0.2, -0.15) is 0 Å². The molecule has 1 aromatic carbocycles. The Morgan fingerprint density at radius 2 is 2.14 bits per heavy atom. The quantitative estimate of drug-likeness (QED) is 0.651. The summed E-state index contributed by atoms with van der Waals surface area (Å²) >= 11 is 3.43. The number of carbonyl (C=O) groups excluding carboxylic acids is 1. The predicted octanol–water partition coefficient (Wildman–Crippen LogP) is 4.30. The molecule has 0 bridgehead atoms. The molecule has 2 heterocycles. The fourth-order valence-corrected chi connectivity index (χ4v) is 2.55. The van der Waals surface area contributed by atoms with Gasteiger partial charge in [0.15, 0.2) is 0 Å². The summed E-state index contributed by atoms with van der Waals surface area (Å²) in [7, 11) is 0. The topological polar surface area (TPSA) is 52.3 Å². The number of aromatic nitrogens is 1. The van der Waals surface area contributed by atoms with Gasteiger partial charge in [0.25, 0.3) is 0 Å². The van der Waals surface area contributed by atoms with E-state index in [4.69, 9.17) is 9.15 Å². The van der Waals surface area contributed by atoms with Crippen molar-refractivity contribution in [2.45, 2.75) is 13.3 Å². The van der Waals surface area contributed by atoms with Gasteiger partial charge in [-0.25, -0.2) is 9.78 Å². The Balaban J connectivity index is 1.61. The number of halogens is 1. The van der Waals surface area contributed by atoms with E-state index in [1.54, 1.807) is 12.1 Å². The molecule has 2 aromatic heterocycles. The maximum Gasteiger partial charge on any atom is 0.356 e. The number of nitrogens with zero attached hydrogens (tertiary/aromatic N) is 1. The molecule has 3 aromatic rings. The number of carbonyl (C=O) groups is 1. The highest BCUT2D eigenvalue weighted by Gasteiger charge is 2.10. The average Bonchev–Trinajstić information content (AvgIpc) is 2.89. The van der Waals surface area contributed by atoms with E-state index in [0.29, 0.717) is 12.1 Å². The summed E-state index contributed by atoms with van der Waals surface area (Å²) in [5, 5.41) is 1.02. The van der Waals surface area contributed by atoms with Crippen LogP contribution < -0.4 is 0 Å². The number of benzene rings is 1. The van der Waals surface area contributed by atoms with E-state index in [1.807, 2.05) is 37.3 Å². The van der Waals surface area contributed by atoms with Crippen LogP contribution in [0.3, 0.4) is 0 Å². The zero-order chi connectivity index (χ0) is 15.5. The third-order valence-electron chi connectivity index (χ3n) is 3.21. The first-order valence-corrected chi connectivity index (χ1v) is 7.70. The zero-order valence-electron chi connectivity index (χ0n) is 12.0. The van der Waals surface area contributed by atoms with E-state index in [2.05, 4.69) is 20.9 Å². The van der Waals surface area contributed by atoms with Crippen LogP contribution in [0, 0.1) is 6.92 Å². The Labute approximate surface area is 136 Å². The van der Waals surface area contributed by atoms with Gasteiger partial charge in [-0.3, -0.25) is 0 Å². The normalized spacial score (nSPS) is 10.8. The number of furan rings is 1. The van der Waals surface area contributed by atoms with Crippen molar-refractivity contribution in [1.29, 1.82) is 0 Å². The lowest BCUT2D eigenvalue weighted by Crippen LogP contribution is -2.10. The minimum atomic E-state index is -0.414. The maximum atomic E-state index is 11.9. The predicted molar refractivity (Wildman–Crippen MR) is 86.9 cm³/mol. The van der Waals surface area contributed by atoms with Crippen molar-refractivity contribution >= 4 is 32.9 Å². The molecule has 0 aliphatic carbocycles. The zero-order valence-corrected chi connectivity index (χ0v) is 13.6. The molecule has 0 spiro atoms. The number of hydrogen-bond donors (Lipinski definition) is 0. The highest BCUT2D eigenvalue weighted by molar-refractivity contribution is 9.10. The first kappa shape index (κ1) is 14.8. The number of esters is 1. The summed E-state index contributed by atoms with van der Waals surface area (Å²) in [6, 6.07) is 13.1. The SMILES string of the molecule is Cc1cccc(C(=O)OCCc2cc3cc(Br)ccc3o2)n1. The Morgan fingerprint density at radius 1 is 1.27 bits per heavy atom. The van der Waals surface area contributed by atoms with E-state index in [1.165, 1.54) is 0 Å². The molecule has 112 valence electrons. The van der Waals surface area contributed by atoms with Gasteiger partial charge in [0, 0.05) is 22.0 Å². The minimum Gasteiger partial charge on any atom is -0.461 e. The monoisotopic (exact) mass is 359 g/mol. The summed E-state index contributed by atoms with van der Waals surface area (Å²) in [5.41, 5.74) is 1.94. The van der Waals surface area contributed by atoms with Crippen LogP contribution in [0.25, 0.3) is 11.0 Å². The first-order chi connectivity index (χ1) is 10.6. The van der Waals surface area contributed by atoms with Crippen LogP contribution in [0.5, 0.6) is 0 Å². The summed E-state index contributed by atoms with van der Waals surface area (Å²) in [4.78, 5) is 16.0. The van der Waals surface area contributed by atoms with Crippen LogP contribution in [-0.4, -0.2) is 17.6 Å². The van der Waals surface area contributed by atoms with E-state index in [9.17, 15) is 4.79 Å². The smallest absolute Gasteiger partial charge is 0.356 e. The Kier molecular flexibility index (Phi) is 4.24. The van der Waals surface area contributed by atoms with Gasteiger partial charge < -0.3 is 9.15 Å². The van der Waals surface area contributed by atoms with Crippen LogP contribution in [0.1, 0.15) is 21.9 Å². The van der Waals surface area contributed by atoms with Crippen molar-refractivity contribution < 1.29 is 13.9 Å². The molecule has 0 unspecified atom stereocenters.